The van der Waals surface area contributed by atoms with Gasteiger partial charge in [-0.2, -0.15) is 0 Å². The third-order valence-electron chi connectivity index (χ3n) is 16.9. The quantitative estimate of drug-likeness (QED) is 0.200. The number of piperidine rings is 1. The van der Waals surface area contributed by atoms with Crippen LogP contribution in [0.25, 0.3) is 0 Å². The Hall–Kier alpha value is -4.27. The first kappa shape index (κ1) is 61.0. The number of amides is 1. The van der Waals surface area contributed by atoms with Crippen molar-refractivity contribution in [1.29, 1.82) is 0 Å². The number of morpholine rings is 1. The number of nitrogens with zero attached hydrogens (tertiary/aromatic N) is 5. The number of hydrogen-bond donors (Lipinski definition) is 2. The lowest BCUT2D eigenvalue weighted by Crippen LogP contribution is -2.61. The van der Waals surface area contributed by atoms with Crippen molar-refractivity contribution in [2.45, 2.75) is 187 Å². The van der Waals surface area contributed by atoms with E-state index in [1.54, 1.807) is 41.1 Å². The molecule has 3 saturated heterocycles. The van der Waals surface area contributed by atoms with Crippen LogP contribution in [0.3, 0.4) is 0 Å². The summed E-state index contributed by atoms with van der Waals surface area (Å²) < 4.78 is 37.6. The molecule has 2 bridgehead atoms. The largest absolute Gasteiger partial charge is 0.460 e. The highest BCUT2D eigenvalue weighted by Crippen LogP contribution is 2.40. The molecule has 1 aromatic rings. The Balaban J connectivity index is 1.26. The number of hydrogen-bond acceptors (Lipinski definition) is 16. The first-order valence-corrected chi connectivity index (χ1v) is 28.0. The predicted octanol–water partition coefficient (Wildman–Crippen LogP) is 6.48. The Kier molecular flexibility index (Phi) is 22.9. The predicted molar refractivity (Wildman–Crippen MR) is 284 cm³/mol. The number of carbonyl (C=O) groups is 5. The number of aliphatic hydroxyl groups is 2. The molecule has 76 heavy (non-hydrogen) atoms. The molecule has 1 unspecified atom stereocenters. The lowest BCUT2D eigenvalue weighted by Gasteiger charge is -2.42. The summed E-state index contributed by atoms with van der Waals surface area (Å²) in [5.41, 5.74) is 2.09. The van der Waals surface area contributed by atoms with Crippen LogP contribution in [0, 0.1) is 35.5 Å². The molecular weight excluding hydrogens is 975 g/mol. The number of rotatable bonds is 9. The number of Topliss-reactive ketones (excluding diaryl/α,β-unsaturated/α-hetero) is 3. The van der Waals surface area contributed by atoms with Gasteiger partial charge < -0.3 is 43.5 Å². The Labute approximate surface area is 450 Å². The van der Waals surface area contributed by atoms with Gasteiger partial charge in [0, 0.05) is 78.1 Å². The number of aromatic nitrogens is 3. The van der Waals surface area contributed by atoms with Gasteiger partial charge in [0.15, 0.2) is 11.6 Å². The third kappa shape index (κ3) is 15.7. The molecule has 0 radical (unpaired) electrons. The van der Waals surface area contributed by atoms with E-state index in [0.29, 0.717) is 76.7 Å². The summed E-state index contributed by atoms with van der Waals surface area (Å²) in [5, 5.41) is 32.7. The van der Waals surface area contributed by atoms with Crippen LogP contribution in [0.2, 0.25) is 0 Å². The maximum absolute atomic E-state index is 14.7. The minimum atomic E-state index is -2.44. The van der Waals surface area contributed by atoms with Crippen molar-refractivity contribution in [3.63, 3.8) is 0 Å². The third-order valence-corrected chi connectivity index (χ3v) is 16.9. The Morgan fingerprint density at radius 2 is 1.62 bits per heavy atom. The van der Waals surface area contributed by atoms with Crippen LogP contribution in [-0.2, 0) is 58.9 Å². The number of carbonyl (C=O) groups excluding carboxylic acids is 5. The maximum Gasteiger partial charge on any atom is 0.329 e. The van der Waals surface area contributed by atoms with Crippen LogP contribution in [0.5, 0.6) is 0 Å². The summed E-state index contributed by atoms with van der Waals surface area (Å²) in [6.07, 6.45) is 14.5. The minimum Gasteiger partial charge on any atom is -0.460 e. The molecule has 18 heteroatoms. The monoisotopic (exact) mass is 1060 g/mol. The second-order valence-corrected chi connectivity index (χ2v) is 22.7. The molecule has 5 aliphatic rings. The molecular formula is C58H89N5O13. The van der Waals surface area contributed by atoms with Gasteiger partial charge in [-0.05, 0) is 107 Å². The highest BCUT2D eigenvalue weighted by atomic mass is 16.6. The Morgan fingerprint density at radius 1 is 0.868 bits per heavy atom. The summed E-state index contributed by atoms with van der Waals surface area (Å²) in [7, 11) is 4.68. The summed E-state index contributed by atoms with van der Waals surface area (Å²) in [4.78, 5) is 75.2. The van der Waals surface area contributed by atoms with Crippen molar-refractivity contribution in [2.24, 2.45) is 35.5 Å². The highest BCUT2D eigenvalue weighted by Gasteiger charge is 2.53. The molecule has 4 fully saturated rings. The first-order chi connectivity index (χ1) is 36.3. The number of aliphatic hydroxyl groups excluding tert-OH is 1. The lowest BCUT2D eigenvalue weighted by molar-refractivity contribution is -0.265. The summed E-state index contributed by atoms with van der Waals surface area (Å²) >= 11 is 0. The van der Waals surface area contributed by atoms with E-state index in [1.807, 2.05) is 69.0 Å². The molecule has 2 N–H and O–H groups in total. The smallest absolute Gasteiger partial charge is 0.329 e. The molecule has 5 heterocycles. The van der Waals surface area contributed by atoms with E-state index in [0.717, 1.165) is 37.2 Å². The molecule has 18 nitrogen and oxygen atoms in total. The first-order valence-electron chi connectivity index (χ1n) is 28.0. The van der Waals surface area contributed by atoms with E-state index < -0.39 is 77.8 Å². The van der Waals surface area contributed by atoms with Crippen LogP contribution < -0.4 is 0 Å². The Morgan fingerprint density at radius 3 is 2.33 bits per heavy atom. The molecule has 4 aliphatic heterocycles. The lowest BCUT2D eigenvalue weighted by atomic mass is 9.77. The van der Waals surface area contributed by atoms with Crippen molar-refractivity contribution in [2.75, 3.05) is 54.2 Å². The molecule has 1 aromatic heterocycles. The van der Waals surface area contributed by atoms with E-state index in [9.17, 15) is 34.2 Å². The van der Waals surface area contributed by atoms with E-state index in [4.69, 9.17) is 28.4 Å². The summed E-state index contributed by atoms with van der Waals surface area (Å²) in [6, 6.07) is -1.18. The van der Waals surface area contributed by atoms with Gasteiger partial charge in [-0.15, -0.1) is 5.10 Å². The van der Waals surface area contributed by atoms with E-state index in [1.165, 1.54) is 12.0 Å². The number of ether oxygens (including phenoxy) is 6. The van der Waals surface area contributed by atoms with Gasteiger partial charge in [-0.1, -0.05) is 76.3 Å². The molecule has 1 aliphatic carbocycles. The van der Waals surface area contributed by atoms with Crippen molar-refractivity contribution in [3.05, 3.63) is 59.5 Å². The van der Waals surface area contributed by atoms with Crippen LogP contribution in [0.4, 0.5) is 0 Å². The molecule has 0 aromatic carbocycles. The van der Waals surface area contributed by atoms with E-state index in [-0.39, 0.29) is 60.9 Å². The average molecular weight is 1060 g/mol. The van der Waals surface area contributed by atoms with Gasteiger partial charge in [0.25, 0.3) is 11.7 Å². The highest BCUT2D eigenvalue weighted by molar-refractivity contribution is 6.39. The van der Waals surface area contributed by atoms with Gasteiger partial charge in [0.05, 0.1) is 55.6 Å². The van der Waals surface area contributed by atoms with Gasteiger partial charge in [-0.3, -0.25) is 24.1 Å². The number of allylic oxidation sites excluding steroid dienone is 6. The second kappa shape index (κ2) is 28.6. The fourth-order valence-corrected chi connectivity index (χ4v) is 12.0. The number of methoxy groups -OCH3 is 3. The summed E-state index contributed by atoms with van der Waals surface area (Å²) in [5.74, 6) is -7.91. The van der Waals surface area contributed by atoms with Crippen LogP contribution >= 0.6 is 0 Å². The minimum absolute atomic E-state index is 0.0168. The standard InChI is InChI=1S/C58H89N5O13/c1-36-16-12-11-13-17-37(2)49(71-8)32-45-21-19-42(7)58(70,76-45)55(67)56(68)62-23-15-14-18-47(62)57(69)75-50(33-48(64)38(3)29-41(6)53(66)54(73-10)52(65)40(5)28-36)39(4)30-43-20-22-46(51(31-43)72-9)63-35-44(59-60-63)34-61-24-26-74-27-25-61/h11-13,16-17,29,35-36,39-43,45-47,49-51,53-54,66,70H,14-15,18-28,30-34H2,1-10H3/b13-11?,16-12?,37-17?,38-29+/t36-,39-,40-,41?,42-,43+,45+,46+,47+,49+,50+,51-,53-,54+,58-/m1/s1. The Bertz CT molecular complexity index is 2240. The van der Waals surface area contributed by atoms with Gasteiger partial charge in [0.2, 0.25) is 5.79 Å². The number of cyclic esters (lactones) is 1. The zero-order valence-electron chi connectivity index (χ0n) is 47.0. The van der Waals surface area contributed by atoms with Gasteiger partial charge in [0.1, 0.15) is 18.2 Å². The second-order valence-electron chi connectivity index (χ2n) is 22.7. The van der Waals surface area contributed by atoms with Gasteiger partial charge in [-0.25, -0.2) is 9.48 Å². The molecule has 6 rings (SSSR count). The summed E-state index contributed by atoms with van der Waals surface area (Å²) in [6.45, 7) is 16.6. The van der Waals surface area contributed by atoms with Crippen molar-refractivity contribution in [1.82, 2.24) is 24.8 Å². The zero-order valence-corrected chi connectivity index (χ0v) is 47.0. The number of fused-ring (bicyclic) bond motifs is 3. The average Bonchev–Trinajstić information content (AvgIpc) is 3.88. The van der Waals surface area contributed by atoms with Crippen LogP contribution in [0.1, 0.15) is 137 Å². The fraction of sp³-hybridized carbons (Fsp3) is 0.741. The molecule has 0 spiro atoms. The maximum atomic E-state index is 14.7. The fourth-order valence-electron chi connectivity index (χ4n) is 12.0. The SMILES string of the molecule is CO[C@H]1C[C@@H]2CC[C@@H](C)[C@@](O)(O2)C(=O)C(=O)N2CCCC[C@H]2C(=O)O[C@H]([C@H](C)C[C@@H]2CC[C@H](n3cc(CN4CCOCC4)nn3)[C@H](OC)C2)CC(=O)/C(C)=C/C(C)[C@@H](O)[C@@H](OC)C(=O)[C@H](C)C[C@H](C)C=CC=CC=C1C. The van der Waals surface area contributed by atoms with Crippen molar-refractivity contribution in [3.8, 4) is 0 Å². The molecule has 424 valence electrons. The number of esters is 1. The van der Waals surface area contributed by atoms with Crippen LogP contribution in [-0.4, -0.2) is 167 Å². The molecule has 15 atom stereocenters. The van der Waals surface area contributed by atoms with Crippen molar-refractivity contribution < 1.29 is 62.6 Å². The van der Waals surface area contributed by atoms with Crippen LogP contribution in [0.15, 0.2) is 53.8 Å². The topological polar surface area (TPSA) is 218 Å². The van der Waals surface area contributed by atoms with E-state index in [2.05, 4.69) is 15.2 Å². The molecule has 1 saturated carbocycles. The normalized spacial score (nSPS) is 36.2. The van der Waals surface area contributed by atoms with E-state index >= 15 is 0 Å². The van der Waals surface area contributed by atoms with Crippen molar-refractivity contribution >= 4 is 29.2 Å². The van der Waals surface area contributed by atoms with Gasteiger partial charge >= 0.3 is 5.97 Å². The zero-order chi connectivity index (χ0) is 55.3. The number of ketones is 3. The molecule has 1 amide bonds.